The Balaban J connectivity index is 2.71. The van der Waals surface area contributed by atoms with Gasteiger partial charge < -0.3 is 4.74 Å². The minimum Gasteiger partial charge on any atom is -0.380 e. The largest absolute Gasteiger partial charge is 0.380 e. The van der Waals surface area contributed by atoms with Crippen LogP contribution in [0.25, 0.3) is 0 Å². The number of sulfone groups is 1. The van der Waals surface area contributed by atoms with Crippen molar-refractivity contribution in [3.05, 3.63) is 0 Å². The van der Waals surface area contributed by atoms with Gasteiger partial charge in [0.25, 0.3) is 0 Å². The molecule has 4 heteroatoms. The lowest BCUT2D eigenvalue weighted by atomic mass is 10.1. The van der Waals surface area contributed by atoms with Crippen molar-refractivity contribution >= 4 is 9.84 Å². The van der Waals surface area contributed by atoms with E-state index in [0.717, 1.165) is 0 Å². The van der Waals surface area contributed by atoms with E-state index in [9.17, 15) is 8.42 Å². The van der Waals surface area contributed by atoms with Gasteiger partial charge in [-0.05, 0) is 5.92 Å². The lowest BCUT2D eigenvalue weighted by Crippen LogP contribution is -2.17. The normalized spacial score (nSPS) is 38.2. The van der Waals surface area contributed by atoms with Crippen molar-refractivity contribution in [2.75, 3.05) is 18.6 Å². The maximum absolute atomic E-state index is 10.9. The summed E-state index contributed by atoms with van der Waals surface area (Å²) in [6.45, 7) is 1.90. The summed E-state index contributed by atoms with van der Waals surface area (Å²) < 4.78 is 26.8. The van der Waals surface area contributed by atoms with Crippen LogP contribution in [-0.4, -0.2) is 33.1 Å². The summed E-state index contributed by atoms with van der Waals surface area (Å²) in [6, 6.07) is 0. The first kappa shape index (κ1) is 8.01. The van der Waals surface area contributed by atoms with Crippen LogP contribution in [0.2, 0.25) is 0 Å². The number of hydrogen-bond acceptors (Lipinski definition) is 3. The first-order valence-corrected chi connectivity index (χ1v) is 5.10. The zero-order valence-electron chi connectivity index (χ0n) is 6.20. The monoisotopic (exact) mass is 164 g/mol. The molecule has 0 bridgehead atoms. The second-order valence-electron chi connectivity index (χ2n) is 2.83. The Morgan fingerprint density at radius 2 is 2.00 bits per heavy atom. The fourth-order valence-electron chi connectivity index (χ4n) is 1.29. The van der Waals surface area contributed by atoms with E-state index in [0.29, 0.717) is 0 Å². The minimum absolute atomic E-state index is 0.0787. The fourth-order valence-corrected chi connectivity index (χ4v) is 3.41. The van der Waals surface area contributed by atoms with Gasteiger partial charge in [0.2, 0.25) is 0 Å². The molecule has 0 aromatic rings. The molecule has 0 saturated carbocycles. The van der Waals surface area contributed by atoms with Gasteiger partial charge in [0.1, 0.15) is 0 Å². The Bertz CT molecular complexity index is 207. The zero-order valence-corrected chi connectivity index (χ0v) is 7.02. The third kappa shape index (κ3) is 1.49. The highest BCUT2D eigenvalue weighted by Crippen LogP contribution is 2.20. The van der Waals surface area contributed by atoms with E-state index in [1.54, 1.807) is 7.11 Å². The van der Waals surface area contributed by atoms with Crippen LogP contribution in [0.5, 0.6) is 0 Å². The zero-order chi connectivity index (χ0) is 7.78. The van der Waals surface area contributed by atoms with Gasteiger partial charge in [-0.1, -0.05) is 6.92 Å². The smallest absolute Gasteiger partial charge is 0.153 e. The summed E-state index contributed by atoms with van der Waals surface area (Å²) in [7, 11) is -1.22. The molecule has 2 atom stereocenters. The summed E-state index contributed by atoms with van der Waals surface area (Å²) in [5, 5.41) is 0. The van der Waals surface area contributed by atoms with Crippen LogP contribution in [0.15, 0.2) is 0 Å². The second kappa shape index (κ2) is 2.51. The van der Waals surface area contributed by atoms with E-state index >= 15 is 0 Å². The third-order valence-electron chi connectivity index (χ3n) is 1.87. The SMILES string of the molecule is COC1CS(=O)(=O)CC1C. The van der Waals surface area contributed by atoms with Gasteiger partial charge in [0, 0.05) is 7.11 Å². The van der Waals surface area contributed by atoms with E-state index in [1.165, 1.54) is 0 Å². The van der Waals surface area contributed by atoms with Crippen molar-refractivity contribution in [3.63, 3.8) is 0 Å². The van der Waals surface area contributed by atoms with Crippen molar-refractivity contribution < 1.29 is 13.2 Å². The van der Waals surface area contributed by atoms with Gasteiger partial charge in [0.15, 0.2) is 9.84 Å². The van der Waals surface area contributed by atoms with Gasteiger partial charge in [-0.25, -0.2) is 8.42 Å². The summed E-state index contributed by atoms with van der Waals surface area (Å²) in [5.41, 5.74) is 0. The molecule has 0 N–H and O–H groups in total. The molecule has 1 aliphatic rings. The summed E-state index contributed by atoms with van der Waals surface area (Å²) >= 11 is 0. The quantitative estimate of drug-likeness (QED) is 0.550. The maximum atomic E-state index is 10.9. The van der Waals surface area contributed by atoms with Gasteiger partial charge >= 0.3 is 0 Å². The molecule has 1 aliphatic heterocycles. The van der Waals surface area contributed by atoms with Crippen LogP contribution < -0.4 is 0 Å². The highest BCUT2D eigenvalue weighted by molar-refractivity contribution is 7.91. The van der Waals surface area contributed by atoms with Crippen molar-refractivity contribution in [3.8, 4) is 0 Å². The van der Waals surface area contributed by atoms with Crippen LogP contribution in [-0.2, 0) is 14.6 Å². The molecule has 0 aromatic heterocycles. The van der Waals surface area contributed by atoms with Crippen LogP contribution in [0, 0.1) is 5.92 Å². The first-order chi connectivity index (χ1) is 4.55. The van der Waals surface area contributed by atoms with Crippen molar-refractivity contribution in [2.24, 2.45) is 5.92 Å². The molecule has 1 rings (SSSR count). The van der Waals surface area contributed by atoms with Gasteiger partial charge in [0.05, 0.1) is 17.6 Å². The lowest BCUT2D eigenvalue weighted by molar-refractivity contribution is 0.0916. The molecular formula is C6H12O3S. The number of rotatable bonds is 1. The van der Waals surface area contributed by atoms with Gasteiger partial charge in [-0.2, -0.15) is 0 Å². The highest BCUT2D eigenvalue weighted by Gasteiger charge is 2.34. The second-order valence-corrected chi connectivity index (χ2v) is 4.98. The Hall–Kier alpha value is -0.0900. The fraction of sp³-hybridized carbons (Fsp3) is 1.00. The topological polar surface area (TPSA) is 43.4 Å². The third-order valence-corrected chi connectivity index (χ3v) is 3.74. The average molecular weight is 164 g/mol. The predicted octanol–water partition coefficient (Wildman–Crippen LogP) is 0.0659. The van der Waals surface area contributed by atoms with Crippen molar-refractivity contribution in [2.45, 2.75) is 13.0 Å². The summed E-state index contributed by atoms with van der Waals surface area (Å²) in [4.78, 5) is 0. The molecule has 0 aliphatic carbocycles. The van der Waals surface area contributed by atoms with Gasteiger partial charge in [-0.15, -0.1) is 0 Å². The molecule has 0 amide bonds. The van der Waals surface area contributed by atoms with E-state index in [-0.39, 0.29) is 23.5 Å². The van der Waals surface area contributed by atoms with Crippen LogP contribution >= 0.6 is 0 Å². The van der Waals surface area contributed by atoms with Crippen molar-refractivity contribution in [1.82, 2.24) is 0 Å². The maximum Gasteiger partial charge on any atom is 0.153 e. The molecule has 1 fully saturated rings. The van der Waals surface area contributed by atoms with Crippen LogP contribution in [0.1, 0.15) is 6.92 Å². The molecule has 60 valence electrons. The molecule has 10 heavy (non-hydrogen) atoms. The Morgan fingerprint density at radius 3 is 2.20 bits per heavy atom. The lowest BCUT2D eigenvalue weighted by Gasteiger charge is -2.09. The van der Waals surface area contributed by atoms with Crippen molar-refractivity contribution in [1.29, 1.82) is 0 Å². The van der Waals surface area contributed by atoms with E-state index < -0.39 is 9.84 Å². The van der Waals surface area contributed by atoms with E-state index in [4.69, 9.17) is 4.74 Å². The molecule has 0 aromatic carbocycles. The molecule has 1 saturated heterocycles. The number of hydrogen-bond donors (Lipinski definition) is 0. The van der Waals surface area contributed by atoms with Gasteiger partial charge in [-0.3, -0.25) is 0 Å². The Kier molecular flexibility index (Phi) is 2.01. The molecule has 2 unspecified atom stereocenters. The van der Waals surface area contributed by atoms with Crippen LogP contribution in [0.3, 0.4) is 0 Å². The first-order valence-electron chi connectivity index (χ1n) is 3.28. The predicted molar refractivity (Wildman–Crippen MR) is 38.6 cm³/mol. The Labute approximate surface area is 61.3 Å². The Morgan fingerprint density at radius 1 is 1.40 bits per heavy atom. The van der Waals surface area contributed by atoms with Crippen LogP contribution in [0.4, 0.5) is 0 Å². The number of methoxy groups -OCH3 is 1. The molecular weight excluding hydrogens is 152 g/mol. The summed E-state index contributed by atoms with van der Waals surface area (Å²) in [5.74, 6) is 0.644. The molecule has 0 spiro atoms. The number of ether oxygens (including phenoxy) is 1. The molecule has 0 radical (unpaired) electrons. The molecule has 3 nitrogen and oxygen atoms in total. The minimum atomic E-state index is -2.78. The standard InChI is InChI=1S/C6H12O3S/c1-5-3-10(7,8)4-6(5)9-2/h5-6H,3-4H2,1-2H3. The molecule has 1 heterocycles. The average Bonchev–Trinajstić information content (AvgIpc) is 2.05. The summed E-state index contributed by atoms with van der Waals surface area (Å²) in [6.07, 6.45) is -0.0787. The van der Waals surface area contributed by atoms with E-state index in [2.05, 4.69) is 0 Å². The highest BCUT2D eigenvalue weighted by atomic mass is 32.2. The van der Waals surface area contributed by atoms with E-state index in [1.807, 2.05) is 6.92 Å².